The minimum Gasteiger partial charge on any atom is -0.214 e. The van der Waals surface area contributed by atoms with Crippen molar-refractivity contribution < 1.29 is 0 Å². The summed E-state index contributed by atoms with van der Waals surface area (Å²) in [7, 11) is 0. The fourth-order valence-electron chi connectivity index (χ4n) is 2.43. The monoisotopic (exact) mass is 343 g/mol. The van der Waals surface area contributed by atoms with E-state index in [1.807, 2.05) is 36.4 Å². The molecule has 0 N–H and O–H groups in total. The predicted molar refractivity (Wildman–Crippen MR) is 94.7 cm³/mol. The number of nitrogens with zero attached hydrogens (tertiary/aromatic N) is 3. The molecule has 0 spiro atoms. The lowest BCUT2D eigenvalue weighted by Gasteiger charge is -2.08. The van der Waals surface area contributed by atoms with Crippen LogP contribution in [0.3, 0.4) is 0 Å². The molecule has 0 atom stereocenters. The zero-order chi connectivity index (χ0) is 16.2. The van der Waals surface area contributed by atoms with Gasteiger partial charge in [0.15, 0.2) is 0 Å². The Balaban J connectivity index is 2.06. The maximum atomic E-state index is 5.96. The standard InChI is InChI=1S/C18H15Cl2N3/c1-2-3-12-4-6-14(7-5-12)17-16(21-18(20)23-22-17)13-8-10-15(19)11-9-13/h4-11H,2-3H2,1H3. The van der Waals surface area contributed by atoms with E-state index in [0.29, 0.717) is 16.4 Å². The normalized spacial score (nSPS) is 10.7. The van der Waals surface area contributed by atoms with Gasteiger partial charge >= 0.3 is 0 Å². The fraction of sp³-hybridized carbons (Fsp3) is 0.167. The van der Waals surface area contributed by atoms with Gasteiger partial charge in [0.05, 0.1) is 0 Å². The van der Waals surface area contributed by atoms with Gasteiger partial charge in [0.25, 0.3) is 0 Å². The topological polar surface area (TPSA) is 38.7 Å². The van der Waals surface area contributed by atoms with Crippen LogP contribution in [0.1, 0.15) is 18.9 Å². The van der Waals surface area contributed by atoms with Crippen LogP contribution in [0, 0.1) is 0 Å². The van der Waals surface area contributed by atoms with Crippen LogP contribution in [-0.4, -0.2) is 15.2 Å². The first-order valence-electron chi connectivity index (χ1n) is 7.43. The minimum atomic E-state index is 0.126. The van der Waals surface area contributed by atoms with Gasteiger partial charge in [0, 0.05) is 16.1 Å². The molecule has 5 heteroatoms. The smallest absolute Gasteiger partial charge is 0.214 e. The first kappa shape index (κ1) is 15.9. The van der Waals surface area contributed by atoms with Crippen LogP contribution in [0.15, 0.2) is 48.5 Å². The third kappa shape index (κ3) is 3.69. The molecule has 0 aliphatic carbocycles. The number of benzene rings is 2. The number of hydrogen-bond acceptors (Lipinski definition) is 3. The Morgan fingerprint density at radius 2 is 1.39 bits per heavy atom. The number of aromatic nitrogens is 3. The maximum absolute atomic E-state index is 5.96. The van der Waals surface area contributed by atoms with Gasteiger partial charge in [-0.25, -0.2) is 4.98 Å². The van der Waals surface area contributed by atoms with Gasteiger partial charge in [0.2, 0.25) is 5.28 Å². The van der Waals surface area contributed by atoms with Crippen LogP contribution >= 0.6 is 23.2 Å². The molecule has 0 aliphatic heterocycles. The molecule has 1 heterocycles. The summed E-state index contributed by atoms with van der Waals surface area (Å²) < 4.78 is 0. The maximum Gasteiger partial charge on any atom is 0.243 e. The fourth-order valence-corrected chi connectivity index (χ4v) is 2.68. The molecule has 3 rings (SSSR count). The third-order valence-corrected chi connectivity index (χ3v) is 3.96. The van der Waals surface area contributed by atoms with E-state index in [2.05, 4.69) is 34.2 Å². The highest BCUT2D eigenvalue weighted by Gasteiger charge is 2.13. The van der Waals surface area contributed by atoms with E-state index in [0.717, 1.165) is 24.0 Å². The molecule has 0 radical (unpaired) electrons. The van der Waals surface area contributed by atoms with Crippen molar-refractivity contribution in [3.05, 3.63) is 64.4 Å². The zero-order valence-electron chi connectivity index (χ0n) is 12.6. The van der Waals surface area contributed by atoms with Crippen LogP contribution in [-0.2, 0) is 6.42 Å². The molecule has 0 fully saturated rings. The highest BCUT2D eigenvalue weighted by molar-refractivity contribution is 6.30. The van der Waals surface area contributed by atoms with Crippen LogP contribution in [0.2, 0.25) is 10.3 Å². The Morgan fingerprint density at radius 3 is 2.04 bits per heavy atom. The van der Waals surface area contributed by atoms with E-state index in [1.54, 1.807) is 0 Å². The molecule has 0 amide bonds. The van der Waals surface area contributed by atoms with Crippen molar-refractivity contribution in [1.82, 2.24) is 15.2 Å². The van der Waals surface area contributed by atoms with Crippen molar-refractivity contribution in [2.24, 2.45) is 0 Å². The third-order valence-electron chi connectivity index (χ3n) is 3.54. The average Bonchev–Trinajstić information content (AvgIpc) is 2.57. The summed E-state index contributed by atoms with van der Waals surface area (Å²) in [4.78, 5) is 4.36. The van der Waals surface area contributed by atoms with Gasteiger partial charge in [0.1, 0.15) is 11.4 Å². The van der Waals surface area contributed by atoms with Gasteiger partial charge in [-0.15, -0.1) is 10.2 Å². The van der Waals surface area contributed by atoms with Gasteiger partial charge in [-0.05, 0) is 35.7 Å². The first-order valence-corrected chi connectivity index (χ1v) is 8.18. The van der Waals surface area contributed by atoms with Crippen molar-refractivity contribution >= 4 is 23.2 Å². The van der Waals surface area contributed by atoms with Crippen molar-refractivity contribution in [3.8, 4) is 22.5 Å². The summed E-state index contributed by atoms with van der Waals surface area (Å²) in [5.74, 6) is 0. The highest BCUT2D eigenvalue weighted by Crippen LogP contribution is 2.30. The van der Waals surface area contributed by atoms with E-state index in [9.17, 15) is 0 Å². The molecular formula is C18H15Cl2N3. The second-order valence-corrected chi connectivity index (χ2v) is 6.01. The first-order chi connectivity index (χ1) is 11.2. The van der Waals surface area contributed by atoms with Crippen LogP contribution in [0.25, 0.3) is 22.5 Å². The summed E-state index contributed by atoms with van der Waals surface area (Å²) in [6, 6.07) is 15.8. The lowest BCUT2D eigenvalue weighted by Crippen LogP contribution is -1.97. The molecule has 3 aromatic rings. The minimum absolute atomic E-state index is 0.126. The average molecular weight is 344 g/mol. The molecule has 0 saturated heterocycles. The van der Waals surface area contributed by atoms with E-state index >= 15 is 0 Å². The van der Waals surface area contributed by atoms with Crippen molar-refractivity contribution in [2.75, 3.05) is 0 Å². The molecule has 23 heavy (non-hydrogen) atoms. The number of hydrogen-bond donors (Lipinski definition) is 0. The summed E-state index contributed by atoms with van der Waals surface area (Å²) in [5.41, 5.74) is 4.58. The molecule has 116 valence electrons. The predicted octanol–water partition coefficient (Wildman–Crippen LogP) is 5.46. The summed E-state index contributed by atoms with van der Waals surface area (Å²) in [5, 5.41) is 8.94. The summed E-state index contributed by atoms with van der Waals surface area (Å²) in [6.07, 6.45) is 2.19. The van der Waals surface area contributed by atoms with E-state index in [4.69, 9.17) is 23.2 Å². The molecule has 2 aromatic carbocycles. The zero-order valence-corrected chi connectivity index (χ0v) is 14.1. The van der Waals surface area contributed by atoms with Gasteiger partial charge in [-0.1, -0.05) is 61.3 Å². The molecule has 0 bridgehead atoms. The molecule has 1 aromatic heterocycles. The Bertz CT molecular complexity index is 800. The summed E-state index contributed by atoms with van der Waals surface area (Å²) in [6.45, 7) is 2.17. The van der Waals surface area contributed by atoms with Gasteiger partial charge in [-0.2, -0.15) is 0 Å². The van der Waals surface area contributed by atoms with Crippen LogP contribution in [0.4, 0.5) is 0 Å². The number of halogens is 2. The van der Waals surface area contributed by atoms with Crippen LogP contribution < -0.4 is 0 Å². The SMILES string of the molecule is CCCc1ccc(-c2nnc(Cl)nc2-c2ccc(Cl)cc2)cc1. The Labute approximate surface area is 145 Å². The second kappa shape index (κ2) is 7.07. The molecule has 0 saturated carbocycles. The van der Waals surface area contributed by atoms with Gasteiger partial charge < -0.3 is 0 Å². The largest absolute Gasteiger partial charge is 0.243 e. The second-order valence-electron chi connectivity index (χ2n) is 5.23. The summed E-state index contributed by atoms with van der Waals surface area (Å²) >= 11 is 11.9. The molecular weight excluding hydrogens is 329 g/mol. The lowest BCUT2D eigenvalue weighted by molar-refractivity contribution is 0.921. The molecule has 0 unspecified atom stereocenters. The van der Waals surface area contributed by atoms with Crippen molar-refractivity contribution in [2.45, 2.75) is 19.8 Å². The number of aryl methyl sites for hydroxylation is 1. The van der Waals surface area contributed by atoms with Crippen LogP contribution in [0.5, 0.6) is 0 Å². The van der Waals surface area contributed by atoms with Crippen molar-refractivity contribution in [3.63, 3.8) is 0 Å². The van der Waals surface area contributed by atoms with Gasteiger partial charge in [-0.3, -0.25) is 0 Å². The Kier molecular flexibility index (Phi) is 4.89. The lowest BCUT2D eigenvalue weighted by atomic mass is 10.0. The quantitative estimate of drug-likeness (QED) is 0.630. The van der Waals surface area contributed by atoms with E-state index < -0.39 is 0 Å². The molecule has 3 nitrogen and oxygen atoms in total. The molecule has 0 aliphatic rings. The Hall–Kier alpha value is -1.97. The van der Waals surface area contributed by atoms with Crippen molar-refractivity contribution in [1.29, 1.82) is 0 Å². The van der Waals surface area contributed by atoms with E-state index in [1.165, 1.54) is 5.56 Å². The van der Waals surface area contributed by atoms with E-state index in [-0.39, 0.29) is 5.28 Å². The Morgan fingerprint density at radius 1 is 0.783 bits per heavy atom. The number of rotatable bonds is 4. The highest BCUT2D eigenvalue weighted by atomic mass is 35.5.